The number of hydrogen-bond acceptors (Lipinski definition) is 3. The third-order valence-corrected chi connectivity index (χ3v) is 3.46. The molecule has 0 radical (unpaired) electrons. The van der Waals surface area contributed by atoms with Gasteiger partial charge in [-0.15, -0.1) is 0 Å². The van der Waals surface area contributed by atoms with E-state index in [0.717, 1.165) is 16.2 Å². The maximum absolute atomic E-state index is 12.2. The molecule has 0 aromatic heterocycles. The molecular weight excluding hydrogens is 292 g/mol. The molecule has 0 bridgehead atoms. The van der Waals surface area contributed by atoms with Crippen LogP contribution in [0.2, 0.25) is 0 Å². The van der Waals surface area contributed by atoms with Gasteiger partial charge in [-0.1, -0.05) is 24.3 Å². The van der Waals surface area contributed by atoms with Crippen molar-refractivity contribution in [3.8, 4) is 11.1 Å². The van der Waals surface area contributed by atoms with Gasteiger partial charge in [-0.05, 0) is 56.2 Å². The predicted octanol–water partition coefficient (Wildman–Crippen LogP) is 3.08. The number of hydroxylamine groups is 2. The number of amides is 2. The molecule has 0 aliphatic rings. The van der Waals surface area contributed by atoms with Crippen LogP contribution in [0.4, 0.5) is 0 Å². The molecule has 5 nitrogen and oxygen atoms in total. The van der Waals surface area contributed by atoms with E-state index in [1.165, 1.54) is 0 Å². The largest absolute Gasteiger partial charge is 0.366 e. The SMILES string of the molecule is CC(C)(C)N(O)C(=O)c1ccc(-c2ccc(C(N)=O)cc2)cc1. The van der Waals surface area contributed by atoms with Crippen LogP contribution >= 0.6 is 0 Å². The average molecular weight is 312 g/mol. The van der Waals surface area contributed by atoms with Crippen LogP contribution in [0.15, 0.2) is 48.5 Å². The third kappa shape index (κ3) is 3.76. The highest BCUT2D eigenvalue weighted by Crippen LogP contribution is 2.22. The molecule has 2 aromatic rings. The lowest BCUT2D eigenvalue weighted by Crippen LogP contribution is -2.43. The summed E-state index contributed by atoms with van der Waals surface area (Å²) in [5.41, 5.74) is 7.21. The molecule has 2 aromatic carbocycles. The number of rotatable bonds is 3. The minimum atomic E-state index is -0.666. The van der Waals surface area contributed by atoms with Crippen molar-refractivity contribution >= 4 is 11.8 Å². The zero-order valence-electron chi connectivity index (χ0n) is 13.4. The van der Waals surface area contributed by atoms with Gasteiger partial charge in [0.05, 0.1) is 5.54 Å². The summed E-state index contributed by atoms with van der Waals surface area (Å²) in [6.45, 7) is 5.25. The van der Waals surface area contributed by atoms with Crippen molar-refractivity contribution in [2.45, 2.75) is 26.3 Å². The lowest BCUT2D eigenvalue weighted by atomic mass is 10.0. The van der Waals surface area contributed by atoms with Gasteiger partial charge >= 0.3 is 0 Å². The summed E-state index contributed by atoms with van der Waals surface area (Å²) in [6.07, 6.45) is 0. The Balaban J connectivity index is 2.22. The van der Waals surface area contributed by atoms with E-state index in [1.54, 1.807) is 69.3 Å². The van der Waals surface area contributed by atoms with Crippen molar-refractivity contribution in [1.82, 2.24) is 5.06 Å². The summed E-state index contributed by atoms with van der Waals surface area (Å²) in [5.74, 6) is -0.921. The number of primary amides is 1. The Labute approximate surface area is 135 Å². The van der Waals surface area contributed by atoms with Crippen molar-refractivity contribution in [1.29, 1.82) is 0 Å². The van der Waals surface area contributed by atoms with E-state index in [1.807, 2.05) is 0 Å². The van der Waals surface area contributed by atoms with Crippen LogP contribution < -0.4 is 5.73 Å². The normalized spacial score (nSPS) is 11.1. The van der Waals surface area contributed by atoms with E-state index in [2.05, 4.69) is 0 Å². The van der Waals surface area contributed by atoms with Gasteiger partial charge in [0.25, 0.3) is 5.91 Å². The molecule has 0 saturated carbocycles. The highest BCUT2D eigenvalue weighted by molar-refractivity contribution is 5.95. The van der Waals surface area contributed by atoms with Crippen LogP contribution in [0.25, 0.3) is 11.1 Å². The minimum Gasteiger partial charge on any atom is -0.366 e. The fourth-order valence-electron chi connectivity index (χ4n) is 2.06. The van der Waals surface area contributed by atoms with Crippen LogP contribution in [0.5, 0.6) is 0 Å². The minimum absolute atomic E-state index is 0.403. The van der Waals surface area contributed by atoms with Crippen molar-refractivity contribution in [3.05, 3.63) is 59.7 Å². The summed E-state index contributed by atoms with van der Waals surface area (Å²) in [4.78, 5) is 23.3. The lowest BCUT2D eigenvalue weighted by Gasteiger charge is -2.29. The van der Waals surface area contributed by atoms with Crippen LogP contribution in [0.1, 0.15) is 41.5 Å². The Morgan fingerprint density at radius 3 is 1.61 bits per heavy atom. The van der Waals surface area contributed by atoms with Gasteiger partial charge in [0, 0.05) is 11.1 Å². The third-order valence-electron chi connectivity index (χ3n) is 3.46. The monoisotopic (exact) mass is 312 g/mol. The molecule has 0 fully saturated rings. The van der Waals surface area contributed by atoms with Crippen molar-refractivity contribution in [3.63, 3.8) is 0 Å². The number of carbonyl (C=O) groups is 2. The van der Waals surface area contributed by atoms with E-state index in [-0.39, 0.29) is 0 Å². The Morgan fingerprint density at radius 1 is 0.870 bits per heavy atom. The predicted molar refractivity (Wildman–Crippen MR) is 88.1 cm³/mol. The van der Waals surface area contributed by atoms with E-state index in [4.69, 9.17) is 5.73 Å². The Kier molecular flexibility index (Phi) is 4.52. The maximum Gasteiger partial charge on any atom is 0.277 e. The van der Waals surface area contributed by atoms with Crippen LogP contribution in [-0.2, 0) is 0 Å². The van der Waals surface area contributed by atoms with Crippen LogP contribution in [0.3, 0.4) is 0 Å². The molecule has 0 aliphatic heterocycles. The summed E-state index contributed by atoms with van der Waals surface area (Å²) >= 11 is 0. The molecule has 0 saturated heterocycles. The number of nitrogens with two attached hydrogens (primary N) is 1. The van der Waals surface area contributed by atoms with Gasteiger partial charge in [-0.2, -0.15) is 0 Å². The van der Waals surface area contributed by atoms with Gasteiger partial charge in [-0.25, -0.2) is 5.06 Å². The van der Waals surface area contributed by atoms with Crippen molar-refractivity contribution in [2.75, 3.05) is 0 Å². The first-order valence-electron chi connectivity index (χ1n) is 7.24. The van der Waals surface area contributed by atoms with E-state index in [0.29, 0.717) is 11.1 Å². The fraction of sp³-hybridized carbons (Fsp3) is 0.222. The Morgan fingerprint density at radius 2 is 1.26 bits per heavy atom. The molecule has 5 heteroatoms. The first kappa shape index (κ1) is 16.7. The molecule has 3 N–H and O–H groups in total. The van der Waals surface area contributed by atoms with Crippen LogP contribution in [-0.4, -0.2) is 27.6 Å². The van der Waals surface area contributed by atoms with Crippen LogP contribution in [0, 0.1) is 0 Å². The highest BCUT2D eigenvalue weighted by atomic mass is 16.5. The standard InChI is InChI=1S/C18H20N2O3/c1-18(2,3)20(23)17(22)15-10-6-13(7-11-15)12-4-8-14(9-5-12)16(19)21/h4-11,23H,1-3H3,(H2,19,21). The van der Waals surface area contributed by atoms with Gasteiger partial charge in [0.2, 0.25) is 5.91 Å². The van der Waals surface area contributed by atoms with Gasteiger partial charge in [-0.3, -0.25) is 14.8 Å². The molecule has 2 amide bonds. The zero-order chi connectivity index (χ0) is 17.2. The molecule has 2 rings (SSSR count). The Hall–Kier alpha value is -2.66. The highest BCUT2D eigenvalue weighted by Gasteiger charge is 2.25. The topological polar surface area (TPSA) is 83.6 Å². The zero-order valence-corrected chi connectivity index (χ0v) is 13.4. The average Bonchev–Trinajstić information content (AvgIpc) is 2.53. The molecule has 0 spiro atoms. The molecule has 23 heavy (non-hydrogen) atoms. The first-order chi connectivity index (χ1) is 10.7. The molecule has 0 atom stereocenters. The number of nitrogens with zero attached hydrogens (tertiary/aromatic N) is 1. The molecule has 120 valence electrons. The van der Waals surface area contributed by atoms with E-state index >= 15 is 0 Å². The summed E-state index contributed by atoms with van der Waals surface area (Å²) in [7, 11) is 0. The van der Waals surface area contributed by atoms with Crippen molar-refractivity contribution < 1.29 is 14.8 Å². The molecular formula is C18H20N2O3. The number of hydrogen-bond donors (Lipinski definition) is 2. The van der Waals surface area contributed by atoms with Crippen molar-refractivity contribution in [2.24, 2.45) is 5.73 Å². The summed E-state index contributed by atoms with van der Waals surface area (Å²) < 4.78 is 0. The second kappa shape index (κ2) is 6.22. The fourth-order valence-corrected chi connectivity index (χ4v) is 2.06. The maximum atomic E-state index is 12.2. The van der Waals surface area contributed by atoms with Gasteiger partial charge in [0.1, 0.15) is 0 Å². The Bertz CT molecular complexity index is 713. The quantitative estimate of drug-likeness (QED) is 0.675. The van der Waals surface area contributed by atoms with Gasteiger partial charge in [0.15, 0.2) is 0 Å². The molecule has 0 unspecified atom stereocenters. The van der Waals surface area contributed by atoms with E-state index < -0.39 is 17.4 Å². The first-order valence-corrected chi connectivity index (χ1v) is 7.24. The smallest absolute Gasteiger partial charge is 0.277 e. The molecule has 0 heterocycles. The second-order valence-corrected chi connectivity index (χ2v) is 6.31. The number of benzene rings is 2. The van der Waals surface area contributed by atoms with Gasteiger partial charge < -0.3 is 5.73 Å². The molecule has 0 aliphatic carbocycles. The lowest BCUT2D eigenvalue weighted by molar-refractivity contribution is -0.114. The van der Waals surface area contributed by atoms with E-state index in [9.17, 15) is 14.8 Å². The summed E-state index contributed by atoms with van der Waals surface area (Å²) in [5, 5.41) is 10.6. The second-order valence-electron chi connectivity index (χ2n) is 6.31. The number of carbonyl (C=O) groups excluding carboxylic acids is 2. The summed E-state index contributed by atoms with van der Waals surface area (Å²) in [6, 6.07) is 13.8.